The topological polar surface area (TPSA) is 9.23 Å². The maximum Gasteiger partial charge on any atom is 0.130 e. The molecule has 2 bridgehead atoms. The van der Waals surface area contributed by atoms with Crippen LogP contribution >= 0.6 is 0 Å². The molecule has 0 radical (unpaired) electrons. The first-order chi connectivity index (χ1) is 7.38. The Morgan fingerprint density at radius 2 is 2.27 bits per heavy atom. The molecule has 1 heterocycles. The molecule has 1 aromatic rings. The molecular weight excluding hydrogens is 184 g/mol. The van der Waals surface area contributed by atoms with E-state index in [0.29, 0.717) is 6.10 Å². The van der Waals surface area contributed by atoms with Gasteiger partial charge in [0.2, 0.25) is 0 Å². The van der Waals surface area contributed by atoms with Gasteiger partial charge in [-0.1, -0.05) is 30.9 Å². The Hall–Kier alpha value is -1.24. The van der Waals surface area contributed by atoms with Crippen molar-refractivity contribution in [1.82, 2.24) is 0 Å². The lowest BCUT2D eigenvalue weighted by Crippen LogP contribution is -2.29. The van der Waals surface area contributed by atoms with Gasteiger partial charge in [0.15, 0.2) is 0 Å². The Morgan fingerprint density at radius 1 is 1.33 bits per heavy atom. The zero-order valence-electron chi connectivity index (χ0n) is 8.91. The number of hydrogen-bond donors (Lipinski definition) is 0. The van der Waals surface area contributed by atoms with Gasteiger partial charge in [0, 0.05) is 5.56 Å². The predicted molar refractivity (Wildman–Crippen MR) is 62.2 cm³/mol. The Balaban J connectivity index is 2.11. The Labute approximate surface area is 90.8 Å². The average molecular weight is 200 g/mol. The van der Waals surface area contributed by atoms with Crippen molar-refractivity contribution in [3.05, 3.63) is 35.9 Å². The fourth-order valence-electron chi connectivity index (χ4n) is 2.89. The molecule has 2 atom stereocenters. The van der Waals surface area contributed by atoms with Crippen LogP contribution in [0.25, 0.3) is 6.08 Å². The summed E-state index contributed by atoms with van der Waals surface area (Å²) >= 11 is 0. The SMILES string of the molecule is C=Cc1cccc2c1OC1CCCC2C1. The maximum absolute atomic E-state index is 6.05. The lowest BCUT2D eigenvalue weighted by atomic mass is 9.79. The van der Waals surface area contributed by atoms with Gasteiger partial charge in [0.05, 0.1) is 6.10 Å². The standard InChI is InChI=1S/C14H16O/c1-2-10-5-4-8-13-11-6-3-7-12(9-11)15-14(10)13/h2,4-5,8,11-12H,1,3,6-7,9H2. The van der Waals surface area contributed by atoms with Crippen LogP contribution in [0, 0.1) is 0 Å². The summed E-state index contributed by atoms with van der Waals surface area (Å²) in [6, 6.07) is 6.43. The first-order valence-electron chi connectivity index (χ1n) is 5.80. The number of benzene rings is 1. The van der Waals surface area contributed by atoms with Crippen molar-refractivity contribution < 1.29 is 4.74 Å². The minimum atomic E-state index is 0.456. The zero-order valence-corrected chi connectivity index (χ0v) is 8.91. The van der Waals surface area contributed by atoms with Crippen molar-refractivity contribution in [3.8, 4) is 5.75 Å². The van der Waals surface area contributed by atoms with Crippen LogP contribution in [0.5, 0.6) is 5.75 Å². The van der Waals surface area contributed by atoms with Crippen LogP contribution in [0.4, 0.5) is 0 Å². The highest BCUT2D eigenvalue weighted by Gasteiger charge is 2.32. The van der Waals surface area contributed by atoms with Gasteiger partial charge < -0.3 is 4.74 Å². The smallest absolute Gasteiger partial charge is 0.130 e. The Morgan fingerprint density at radius 3 is 3.13 bits per heavy atom. The molecule has 0 amide bonds. The van der Waals surface area contributed by atoms with Gasteiger partial charge in [-0.25, -0.2) is 0 Å². The van der Waals surface area contributed by atoms with Gasteiger partial charge in [0.1, 0.15) is 5.75 Å². The molecule has 1 aliphatic heterocycles. The fourth-order valence-corrected chi connectivity index (χ4v) is 2.89. The fraction of sp³-hybridized carbons (Fsp3) is 0.429. The van der Waals surface area contributed by atoms with Crippen molar-refractivity contribution in [3.63, 3.8) is 0 Å². The second-order valence-corrected chi connectivity index (χ2v) is 4.57. The summed E-state index contributed by atoms with van der Waals surface area (Å²) in [4.78, 5) is 0. The molecule has 2 unspecified atom stereocenters. The number of para-hydroxylation sites is 1. The van der Waals surface area contributed by atoms with Gasteiger partial charge >= 0.3 is 0 Å². The van der Waals surface area contributed by atoms with Crippen LogP contribution in [0.15, 0.2) is 24.8 Å². The molecule has 1 heteroatoms. The third-order valence-corrected chi connectivity index (χ3v) is 3.65. The van der Waals surface area contributed by atoms with Crippen LogP contribution in [0.2, 0.25) is 0 Å². The highest BCUT2D eigenvalue weighted by atomic mass is 16.5. The van der Waals surface area contributed by atoms with E-state index in [0.717, 1.165) is 17.2 Å². The summed E-state index contributed by atoms with van der Waals surface area (Å²) in [7, 11) is 0. The van der Waals surface area contributed by atoms with E-state index in [-0.39, 0.29) is 0 Å². The third-order valence-electron chi connectivity index (χ3n) is 3.65. The van der Waals surface area contributed by atoms with E-state index in [1.165, 1.54) is 31.2 Å². The highest BCUT2D eigenvalue weighted by Crippen LogP contribution is 2.45. The molecule has 1 nitrogen and oxygen atoms in total. The summed E-state index contributed by atoms with van der Waals surface area (Å²) in [5.74, 6) is 1.83. The van der Waals surface area contributed by atoms with Gasteiger partial charge in [-0.15, -0.1) is 0 Å². The Kier molecular flexibility index (Phi) is 2.05. The normalized spacial score (nSPS) is 27.7. The minimum Gasteiger partial charge on any atom is -0.489 e. The summed E-state index contributed by atoms with van der Waals surface area (Å²) in [6.07, 6.45) is 7.44. The van der Waals surface area contributed by atoms with Crippen molar-refractivity contribution in [2.24, 2.45) is 0 Å². The van der Waals surface area contributed by atoms with Gasteiger partial charge in [-0.3, -0.25) is 0 Å². The zero-order chi connectivity index (χ0) is 10.3. The number of fused-ring (bicyclic) bond motifs is 4. The van der Waals surface area contributed by atoms with Crippen LogP contribution in [0.3, 0.4) is 0 Å². The first kappa shape index (κ1) is 9.02. The minimum absolute atomic E-state index is 0.456. The highest BCUT2D eigenvalue weighted by molar-refractivity contribution is 5.60. The molecule has 1 aliphatic carbocycles. The molecule has 0 spiro atoms. The van der Waals surface area contributed by atoms with Crippen molar-refractivity contribution >= 4 is 6.08 Å². The first-order valence-corrected chi connectivity index (χ1v) is 5.80. The molecule has 0 saturated heterocycles. The monoisotopic (exact) mass is 200 g/mol. The van der Waals surface area contributed by atoms with Crippen LogP contribution in [-0.4, -0.2) is 6.10 Å². The summed E-state index contributed by atoms with van der Waals surface area (Å²) in [5, 5.41) is 0. The number of ether oxygens (including phenoxy) is 1. The predicted octanol–water partition coefficient (Wildman–Crippen LogP) is 3.75. The molecular formula is C14H16O. The quantitative estimate of drug-likeness (QED) is 0.671. The van der Waals surface area contributed by atoms with Crippen LogP contribution in [0.1, 0.15) is 42.7 Å². The average Bonchev–Trinajstić information content (AvgIpc) is 2.29. The largest absolute Gasteiger partial charge is 0.489 e. The molecule has 78 valence electrons. The molecule has 0 aromatic heterocycles. The molecule has 1 fully saturated rings. The van der Waals surface area contributed by atoms with Gasteiger partial charge in [0.25, 0.3) is 0 Å². The van der Waals surface area contributed by atoms with Crippen LogP contribution < -0.4 is 4.74 Å². The lowest BCUT2D eigenvalue weighted by molar-refractivity contribution is 0.119. The summed E-state index contributed by atoms with van der Waals surface area (Å²) in [6.45, 7) is 3.85. The molecule has 1 saturated carbocycles. The van der Waals surface area contributed by atoms with E-state index in [1.54, 1.807) is 0 Å². The van der Waals surface area contributed by atoms with Crippen LogP contribution in [-0.2, 0) is 0 Å². The van der Waals surface area contributed by atoms with E-state index < -0.39 is 0 Å². The third kappa shape index (κ3) is 1.38. The summed E-state index contributed by atoms with van der Waals surface area (Å²) < 4.78 is 6.05. The Bertz CT molecular complexity index is 394. The summed E-state index contributed by atoms with van der Waals surface area (Å²) in [5.41, 5.74) is 2.56. The molecule has 1 aromatic carbocycles. The van der Waals surface area contributed by atoms with E-state index in [4.69, 9.17) is 4.74 Å². The van der Waals surface area contributed by atoms with E-state index in [9.17, 15) is 0 Å². The van der Waals surface area contributed by atoms with Crippen molar-refractivity contribution in [2.45, 2.75) is 37.7 Å². The van der Waals surface area contributed by atoms with Gasteiger partial charge in [-0.2, -0.15) is 0 Å². The maximum atomic E-state index is 6.05. The van der Waals surface area contributed by atoms with Gasteiger partial charge in [-0.05, 0) is 37.2 Å². The molecule has 2 aliphatic rings. The lowest BCUT2D eigenvalue weighted by Gasteiger charge is -2.37. The molecule has 3 rings (SSSR count). The molecule has 0 N–H and O–H groups in total. The molecule has 15 heavy (non-hydrogen) atoms. The van der Waals surface area contributed by atoms with E-state index in [2.05, 4.69) is 24.8 Å². The van der Waals surface area contributed by atoms with E-state index >= 15 is 0 Å². The number of rotatable bonds is 1. The van der Waals surface area contributed by atoms with Crippen molar-refractivity contribution in [2.75, 3.05) is 0 Å². The second-order valence-electron chi connectivity index (χ2n) is 4.57. The van der Waals surface area contributed by atoms with E-state index in [1.807, 2.05) is 6.08 Å². The number of hydrogen-bond acceptors (Lipinski definition) is 1. The van der Waals surface area contributed by atoms with Crippen molar-refractivity contribution in [1.29, 1.82) is 0 Å². The second kappa shape index (κ2) is 3.41.